The predicted octanol–water partition coefficient (Wildman–Crippen LogP) is 5.23. The zero-order chi connectivity index (χ0) is 15.7. The Hall–Kier alpha value is -1.26. The molecule has 0 atom stereocenters. The molecular formula is C14H6Cl4O3. The molecule has 2 rings (SSSR count). The smallest absolute Gasteiger partial charge is 0.338 e. The van der Waals surface area contributed by atoms with Crippen molar-refractivity contribution in [2.45, 2.75) is 0 Å². The highest BCUT2D eigenvalue weighted by atomic mass is 35.5. The molecule has 0 spiro atoms. The molecule has 2 aromatic rings. The normalized spacial score (nSPS) is 10.5. The zero-order valence-electron chi connectivity index (χ0n) is 10.2. The standard InChI is InChI=1S/C14H6Cl4O3/c15-6-1-2-8(16)7(5-6)13(19)11-9(17)3-4-10(18)12(11)14(20)21/h1-5H,(H,20,21). The first-order valence-corrected chi connectivity index (χ1v) is 7.05. The van der Waals surface area contributed by atoms with Gasteiger partial charge in [-0.15, -0.1) is 0 Å². The van der Waals surface area contributed by atoms with E-state index in [0.29, 0.717) is 0 Å². The summed E-state index contributed by atoms with van der Waals surface area (Å²) >= 11 is 23.6. The number of hydrogen-bond acceptors (Lipinski definition) is 2. The second kappa shape index (κ2) is 6.24. The van der Waals surface area contributed by atoms with Crippen LogP contribution in [0.3, 0.4) is 0 Å². The Kier molecular flexibility index (Phi) is 4.79. The van der Waals surface area contributed by atoms with Crippen molar-refractivity contribution in [3.05, 3.63) is 67.1 Å². The molecule has 7 heteroatoms. The first-order chi connectivity index (χ1) is 9.82. The lowest BCUT2D eigenvalue weighted by molar-refractivity contribution is 0.0693. The van der Waals surface area contributed by atoms with Crippen LogP contribution < -0.4 is 0 Å². The summed E-state index contributed by atoms with van der Waals surface area (Å²) in [6.45, 7) is 0. The van der Waals surface area contributed by atoms with Crippen molar-refractivity contribution < 1.29 is 14.7 Å². The van der Waals surface area contributed by atoms with Crippen LogP contribution in [-0.2, 0) is 0 Å². The fourth-order valence-electron chi connectivity index (χ4n) is 1.79. The molecule has 21 heavy (non-hydrogen) atoms. The number of carbonyl (C=O) groups excluding carboxylic acids is 1. The van der Waals surface area contributed by atoms with Crippen molar-refractivity contribution >= 4 is 58.2 Å². The van der Waals surface area contributed by atoms with E-state index in [0.717, 1.165) is 0 Å². The summed E-state index contributed by atoms with van der Waals surface area (Å²) in [6, 6.07) is 6.95. The van der Waals surface area contributed by atoms with Crippen LogP contribution >= 0.6 is 46.4 Å². The molecule has 0 fully saturated rings. The van der Waals surface area contributed by atoms with Gasteiger partial charge in [-0.25, -0.2) is 4.79 Å². The van der Waals surface area contributed by atoms with Crippen molar-refractivity contribution in [2.75, 3.05) is 0 Å². The minimum absolute atomic E-state index is 0.0298. The molecule has 0 aliphatic carbocycles. The fourth-order valence-corrected chi connectivity index (χ4v) is 2.65. The van der Waals surface area contributed by atoms with Crippen molar-refractivity contribution in [3.63, 3.8) is 0 Å². The molecule has 0 amide bonds. The fraction of sp³-hybridized carbons (Fsp3) is 0. The number of halogens is 4. The Labute approximate surface area is 140 Å². The van der Waals surface area contributed by atoms with Crippen LogP contribution in [0.1, 0.15) is 26.3 Å². The van der Waals surface area contributed by atoms with Crippen molar-refractivity contribution in [1.29, 1.82) is 0 Å². The molecule has 0 aromatic heterocycles. The molecule has 0 heterocycles. The van der Waals surface area contributed by atoms with Crippen molar-refractivity contribution in [1.82, 2.24) is 0 Å². The van der Waals surface area contributed by atoms with Crippen LogP contribution in [0.15, 0.2) is 30.3 Å². The van der Waals surface area contributed by atoms with Crippen LogP contribution in [0.2, 0.25) is 20.1 Å². The van der Waals surface area contributed by atoms with Crippen LogP contribution in [-0.4, -0.2) is 16.9 Å². The van der Waals surface area contributed by atoms with Gasteiger partial charge < -0.3 is 5.11 Å². The number of hydrogen-bond donors (Lipinski definition) is 1. The third-order valence-corrected chi connectivity index (χ3v) is 3.91. The van der Waals surface area contributed by atoms with Crippen LogP contribution in [0.25, 0.3) is 0 Å². The Morgan fingerprint density at radius 1 is 0.810 bits per heavy atom. The molecule has 3 nitrogen and oxygen atoms in total. The number of ketones is 1. The summed E-state index contributed by atoms with van der Waals surface area (Å²) in [5, 5.41) is 9.54. The molecule has 0 unspecified atom stereocenters. The third kappa shape index (κ3) is 3.16. The Morgan fingerprint density at radius 3 is 1.90 bits per heavy atom. The van der Waals surface area contributed by atoms with E-state index in [2.05, 4.69) is 0 Å². The van der Waals surface area contributed by atoms with Gasteiger partial charge in [-0.05, 0) is 30.3 Å². The predicted molar refractivity (Wildman–Crippen MR) is 83.3 cm³/mol. The van der Waals surface area contributed by atoms with Gasteiger partial charge >= 0.3 is 5.97 Å². The monoisotopic (exact) mass is 362 g/mol. The highest BCUT2D eigenvalue weighted by Crippen LogP contribution is 2.31. The quantitative estimate of drug-likeness (QED) is 0.759. The number of carboxylic acids is 1. The number of rotatable bonds is 3. The van der Waals surface area contributed by atoms with Crippen molar-refractivity contribution in [2.24, 2.45) is 0 Å². The van der Waals surface area contributed by atoms with Crippen molar-refractivity contribution in [3.8, 4) is 0 Å². The molecule has 0 radical (unpaired) electrons. The lowest BCUT2D eigenvalue weighted by Crippen LogP contribution is -2.12. The van der Waals surface area contributed by atoms with E-state index in [4.69, 9.17) is 46.4 Å². The lowest BCUT2D eigenvalue weighted by Gasteiger charge is -2.10. The van der Waals surface area contributed by atoms with Crippen LogP contribution in [0.4, 0.5) is 0 Å². The van der Waals surface area contributed by atoms with E-state index in [1.165, 1.54) is 30.3 Å². The van der Waals surface area contributed by atoms with Crippen LogP contribution in [0.5, 0.6) is 0 Å². The molecular weight excluding hydrogens is 358 g/mol. The summed E-state index contributed by atoms with van der Waals surface area (Å²) in [5.41, 5.74) is -0.540. The maximum Gasteiger partial charge on any atom is 0.338 e. The van der Waals surface area contributed by atoms with Gasteiger partial charge in [0.05, 0.1) is 26.2 Å². The van der Waals surface area contributed by atoms with Gasteiger partial charge in [0.2, 0.25) is 0 Å². The summed E-state index contributed by atoms with van der Waals surface area (Å²) in [6.07, 6.45) is 0. The molecule has 2 aromatic carbocycles. The number of aromatic carboxylic acids is 1. The molecule has 0 saturated carbocycles. The van der Waals surface area contributed by atoms with Gasteiger partial charge in [0.1, 0.15) is 0 Å². The molecule has 0 aliphatic heterocycles. The topological polar surface area (TPSA) is 54.4 Å². The second-order valence-corrected chi connectivity index (χ2v) is 5.70. The highest BCUT2D eigenvalue weighted by Gasteiger charge is 2.25. The van der Waals surface area contributed by atoms with Gasteiger partial charge in [0.25, 0.3) is 0 Å². The molecule has 0 bridgehead atoms. The SMILES string of the molecule is O=C(O)c1c(Cl)ccc(Cl)c1C(=O)c1cc(Cl)ccc1Cl. The second-order valence-electron chi connectivity index (χ2n) is 4.04. The summed E-state index contributed by atoms with van der Waals surface area (Å²) < 4.78 is 0. The van der Waals surface area contributed by atoms with E-state index in [9.17, 15) is 14.7 Å². The average Bonchev–Trinajstić information content (AvgIpc) is 2.42. The molecule has 1 N–H and O–H groups in total. The number of carbonyl (C=O) groups is 2. The zero-order valence-corrected chi connectivity index (χ0v) is 13.2. The maximum atomic E-state index is 12.6. The average molecular weight is 364 g/mol. The summed E-state index contributed by atoms with van der Waals surface area (Å²) in [7, 11) is 0. The summed E-state index contributed by atoms with van der Waals surface area (Å²) in [5.74, 6) is -2.02. The highest BCUT2D eigenvalue weighted by molar-refractivity contribution is 6.42. The van der Waals surface area contributed by atoms with Gasteiger partial charge in [-0.3, -0.25) is 4.79 Å². The Bertz CT molecular complexity index is 756. The number of carboxylic acid groups (broad SMARTS) is 1. The Balaban J connectivity index is 2.72. The van der Waals surface area contributed by atoms with E-state index < -0.39 is 11.8 Å². The van der Waals surface area contributed by atoms with Gasteiger partial charge in [0, 0.05) is 10.6 Å². The third-order valence-electron chi connectivity index (χ3n) is 2.72. The minimum atomic E-state index is -1.36. The largest absolute Gasteiger partial charge is 0.478 e. The van der Waals surface area contributed by atoms with E-state index >= 15 is 0 Å². The van der Waals surface area contributed by atoms with Gasteiger partial charge in [-0.1, -0.05) is 46.4 Å². The summed E-state index contributed by atoms with van der Waals surface area (Å²) in [4.78, 5) is 23.9. The minimum Gasteiger partial charge on any atom is -0.478 e. The van der Waals surface area contributed by atoms with E-state index in [-0.39, 0.29) is 36.8 Å². The lowest BCUT2D eigenvalue weighted by atomic mass is 9.98. The van der Waals surface area contributed by atoms with E-state index in [1.54, 1.807) is 0 Å². The first kappa shape index (κ1) is 16.1. The molecule has 108 valence electrons. The maximum absolute atomic E-state index is 12.6. The molecule has 0 aliphatic rings. The van der Waals surface area contributed by atoms with Gasteiger partial charge in [-0.2, -0.15) is 0 Å². The number of benzene rings is 2. The molecule has 0 saturated heterocycles. The van der Waals surface area contributed by atoms with Crippen LogP contribution in [0, 0.1) is 0 Å². The Morgan fingerprint density at radius 2 is 1.33 bits per heavy atom. The van der Waals surface area contributed by atoms with E-state index in [1.807, 2.05) is 0 Å². The first-order valence-electron chi connectivity index (χ1n) is 5.54. The van der Waals surface area contributed by atoms with Gasteiger partial charge in [0.15, 0.2) is 5.78 Å².